The van der Waals surface area contributed by atoms with Gasteiger partial charge in [-0.3, -0.25) is 4.79 Å². The number of methoxy groups -OCH3 is 1. The van der Waals surface area contributed by atoms with Crippen molar-refractivity contribution in [3.05, 3.63) is 29.3 Å². The fourth-order valence-corrected chi connectivity index (χ4v) is 2.23. The van der Waals surface area contributed by atoms with Crippen LogP contribution in [0.1, 0.15) is 24.0 Å². The zero-order chi connectivity index (χ0) is 14.2. The van der Waals surface area contributed by atoms with E-state index in [0.717, 1.165) is 25.2 Å². The summed E-state index contributed by atoms with van der Waals surface area (Å²) in [6, 6.07) is 6.22. The van der Waals surface area contributed by atoms with Crippen molar-refractivity contribution >= 4 is 5.78 Å². The fraction of sp³-hybridized carbons (Fsp3) is 0.562. The third-order valence-electron chi connectivity index (χ3n) is 3.40. The van der Waals surface area contributed by atoms with Gasteiger partial charge in [-0.1, -0.05) is 12.1 Å². The molecule has 20 heavy (non-hydrogen) atoms. The van der Waals surface area contributed by atoms with Gasteiger partial charge in [-0.15, -0.1) is 0 Å². The quantitative estimate of drug-likeness (QED) is 0.649. The predicted molar refractivity (Wildman–Crippen MR) is 76.3 cm³/mol. The maximum atomic E-state index is 11.7. The lowest BCUT2D eigenvalue weighted by Gasteiger charge is -2.05. The van der Waals surface area contributed by atoms with Gasteiger partial charge in [-0.25, -0.2) is 0 Å². The molecule has 1 aromatic rings. The van der Waals surface area contributed by atoms with E-state index in [0.29, 0.717) is 32.7 Å². The van der Waals surface area contributed by atoms with Crippen LogP contribution in [0.5, 0.6) is 5.75 Å². The molecular formula is C16H22O4. The number of rotatable bonds is 9. The van der Waals surface area contributed by atoms with Crippen LogP contribution in [0.3, 0.4) is 0 Å². The number of aryl methyl sites for hydroxylation is 1. The first-order valence-electron chi connectivity index (χ1n) is 7.12. The maximum Gasteiger partial charge on any atom is 0.135 e. The van der Waals surface area contributed by atoms with E-state index in [-0.39, 0.29) is 5.78 Å². The largest absolute Gasteiger partial charge is 0.493 e. The van der Waals surface area contributed by atoms with Crippen LogP contribution in [0, 0.1) is 0 Å². The zero-order valence-electron chi connectivity index (χ0n) is 12.0. The number of fused-ring (bicyclic) bond motifs is 1. The number of hydrogen-bond acceptors (Lipinski definition) is 4. The lowest BCUT2D eigenvalue weighted by molar-refractivity contribution is -0.120. The van der Waals surface area contributed by atoms with E-state index < -0.39 is 0 Å². The molecule has 1 aliphatic rings. The molecule has 0 aromatic heterocycles. The molecule has 1 aromatic carbocycles. The molecule has 1 heterocycles. The Hall–Kier alpha value is -1.39. The summed E-state index contributed by atoms with van der Waals surface area (Å²) in [6.45, 7) is 2.39. The average Bonchev–Trinajstić information content (AvgIpc) is 2.92. The lowest BCUT2D eigenvalue weighted by atomic mass is 10.0. The first kappa shape index (κ1) is 15.0. The Morgan fingerprint density at radius 2 is 2.15 bits per heavy atom. The summed E-state index contributed by atoms with van der Waals surface area (Å²) in [4.78, 5) is 11.7. The van der Waals surface area contributed by atoms with Gasteiger partial charge >= 0.3 is 0 Å². The Balaban J connectivity index is 1.66. The van der Waals surface area contributed by atoms with Crippen molar-refractivity contribution in [2.45, 2.75) is 25.7 Å². The molecule has 0 saturated carbocycles. The highest BCUT2D eigenvalue weighted by Crippen LogP contribution is 2.26. The van der Waals surface area contributed by atoms with E-state index in [2.05, 4.69) is 6.07 Å². The number of carbonyl (C=O) groups is 1. The highest BCUT2D eigenvalue weighted by atomic mass is 16.5. The summed E-state index contributed by atoms with van der Waals surface area (Å²) in [7, 11) is 1.64. The molecule has 0 unspecified atom stereocenters. The van der Waals surface area contributed by atoms with E-state index in [1.54, 1.807) is 7.11 Å². The van der Waals surface area contributed by atoms with Gasteiger partial charge in [-0.2, -0.15) is 0 Å². The Labute approximate surface area is 120 Å². The molecule has 1 aliphatic heterocycles. The molecule has 4 nitrogen and oxygen atoms in total. The van der Waals surface area contributed by atoms with Crippen LogP contribution >= 0.6 is 0 Å². The molecule has 0 aliphatic carbocycles. The maximum absolute atomic E-state index is 11.7. The van der Waals surface area contributed by atoms with Crippen molar-refractivity contribution in [1.82, 2.24) is 0 Å². The highest BCUT2D eigenvalue weighted by Gasteiger charge is 2.12. The molecular weight excluding hydrogens is 256 g/mol. The molecule has 0 N–H and O–H groups in total. The minimum atomic E-state index is 0.249. The van der Waals surface area contributed by atoms with Gasteiger partial charge < -0.3 is 14.2 Å². The average molecular weight is 278 g/mol. The zero-order valence-corrected chi connectivity index (χ0v) is 12.0. The number of ketones is 1. The van der Waals surface area contributed by atoms with Gasteiger partial charge in [0.15, 0.2) is 0 Å². The predicted octanol–water partition coefficient (Wildman–Crippen LogP) is 2.18. The van der Waals surface area contributed by atoms with E-state index in [4.69, 9.17) is 14.2 Å². The SMILES string of the molecule is COCCOCCC(=O)CCc1ccc2c(c1)CCO2. The van der Waals surface area contributed by atoms with Crippen molar-refractivity contribution in [3.8, 4) is 5.75 Å². The fourth-order valence-electron chi connectivity index (χ4n) is 2.23. The third kappa shape index (κ3) is 4.62. The first-order chi connectivity index (χ1) is 9.79. The smallest absolute Gasteiger partial charge is 0.135 e. The molecule has 0 atom stereocenters. The Morgan fingerprint density at radius 1 is 1.25 bits per heavy atom. The Bertz CT molecular complexity index is 442. The molecule has 4 heteroatoms. The van der Waals surface area contributed by atoms with Crippen LogP contribution in [-0.4, -0.2) is 39.3 Å². The highest BCUT2D eigenvalue weighted by molar-refractivity contribution is 5.78. The van der Waals surface area contributed by atoms with E-state index in [1.165, 1.54) is 11.1 Å². The summed E-state index contributed by atoms with van der Waals surface area (Å²) in [6.07, 6.45) is 2.83. The number of carbonyl (C=O) groups excluding carboxylic acids is 1. The second-order valence-electron chi connectivity index (χ2n) is 4.93. The topological polar surface area (TPSA) is 44.8 Å². The van der Waals surface area contributed by atoms with Crippen LogP contribution in [0.2, 0.25) is 0 Å². The second kappa shape index (κ2) is 8.02. The normalized spacial score (nSPS) is 13.1. The van der Waals surface area contributed by atoms with Crippen LogP contribution < -0.4 is 4.74 Å². The Kier molecular flexibility index (Phi) is 6.02. The molecule has 2 rings (SSSR count). The van der Waals surface area contributed by atoms with E-state index in [1.807, 2.05) is 12.1 Å². The first-order valence-corrected chi connectivity index (χ1v) is 7.12. The van der Waals surface area contributed by atoms with Crippen LogP contribution in [0.4, 0.5) is 0 Å². The number of Topliss-reactive ketones (excluding diaryl/α,β-unsaturated/α-hetero) is 1. The summed E-state index contributed by atoms with van der Waals surface area (Å²) in [5.41, 5.74) is 2.47. The van der Waals surface area contributed by atoms with Crippen molar-refractivity contribution < 1.29 is 19.0 Å². The standard InChI is InChI=1S/C16H22O4/c1-18-10-11-19-8-7-15(17)4-2-13-3-5-16-14(12-13)6-9-20-16/h3,5,12H,2,4,6-11H2,1H3. The summed E-state index contributed by atoms with van der Waals surface area (Å²) >= 11 is 0. The molecule has 0 spiro atoms. The van der Waals surface area contributed by atoms with E-state index in [9.17, 15) is 4.79 Å². The van der Waals surface area contributed by atoms with Crippen LogP contribution in [0.15, 0.2) is 18.2 Å². The lowest BCUT2D eigenvalue weighted by Crippen LogP contribution is -2.08. The van der Waals surface area contributed by atoms with Crippen molar-refractivity contribution in [1.29, 1.82) is 0 Å². The number of benzene rings is 1. The van der Waals surface area contributed by atoms with E-state index >= 15 is 0 Å². The minimum absolute atomic E-state index is 0.249. The van der Waals surface area contributed by atoms with Crippen molar-refractivity contribution in [2.75, 3.05) is 33.5 Å². The van der Waals surface area contributed by atoms with Crippen molar-refractivity contribution in [3.63, 3.8) is 0 Å². The summed E-state index contributed by atoms with van der Waals surface area (Å²) < 4.78 is 15.6. The summed E-state index contributed by atoms with van der Waals surface area (Å²) in [5.74, 6) is 1.24. The van der Waals surface area contributed by atoms with Gasteiger partial charge in [0.1, 0.15) is 11.5 Å². The van der Waals surface area contributed by atoms with Gasteiger partial charge in [-0.05, 0) is 23.6 Å². The molecule has 110 valence electrons. The molecule has 0 fully saturated rings. The van der Waals surface area contributed by atoms with Crippen LogP contribution in [-0.2, 0) is 27.1 Å². The number of ether oxygens (including phenoxy) is 3. The number of hydrogen-bond donors (Lipinski definition) is 0. The third-order valence-corrected chi connectivity index (χ3v) is 3.40. The molecule has 0 bridgehead atoms. The summed E-state index contributed by atoms with van der Waals surface area (Å²) in [5, 5.41) is 0. The van der Waals surface area contributed by atoms with Crippen molar-refractivity contribution in [2.24, 2.45) is 0 Å². The van der Waals surface area contributed by atoms with Gasteiger partial charge in [0.2, 0.25) is 0 Å². The van der Waals surface area contributed by atoms with Crippen LogP contribution in [0.25, 0.3) is 0 Å². The molecule has 0 saturated heterocycles. The molecule has 0 amide bonds. The van der Waals surface area contributed by atoms with Gasteiger partial charge in [0, 0.05) is 26.4 Å². The van der Waals surface area contributed by atoms with Gasteiger partial charge in [0.05, 0.1) is 26.4 Å². The minimum Gasteiger partial charge on any atom is -0.493 e. The Morgan fingerprint density at radius 3 is 3.00 bits per heavy atom. The monoisotopic (exact) mass is 278 g/mol. The second-order valence-corrected chi connectivity index (χ2v) is 4.93. The van der Waals surface area contributed by atoms with Gasteiger partial charge in [0.25, 0.3) is 0 Å². The molecule has 0 radical (unpaired) electrons.